The molecule has 0 radical (unpaired) electrons. The zero-order valence-electron chi connectivity index (χ0n) is 11.6. The van der Waals surface area contributed by atoms with Gasteiger partial charge >= 0.3 is 0 Å². The van der Waals surface area contributed by atoms with E-state index in [-0.39, 0.29) is 23.1 Å². The van der Waals surface area contributed by atoms with Gasteiger partial charge < -0.3 is 9.47 Å². The molecule has 1 aliphatic rings. The normalized spacial score (nSPS) is 16.1. The van der Waals surface area contributed by atoms with Crippen molar-refractivity contribution in [2.45, 2.75) is 6.10 Å². The SMILES string of the molecule is O=C(c1cccc(OCC2CO2)c1)c1cccc([N+](=O)[O-])c1. The van der Waals surface area contributed by atoms with Gasteiger partial charge in [-0.05, 0) is 12.1 Å². The third-order valence-corrected chi connectivity index (χ3v) is 3.25. The summed E-state index contributed by atoms with van der Waals surface area (Å²) in [6, 6.07) is 12.4. The van der Waals surface area contributed by atoms with Crippen molar-refractivity contribution in [3.8, 4) is 5.75 Å². The summed E-state index contributed by atoms with van der Waals surface area (Å²) in [5.41, 5.74) is 0.593. The molecule has 112 valence electrons. The Labute approximate surface area is 126 Å². The molecule has 0 spiro atoms. The van der Waals surface area contributed by atoms with E-state index >= 15 is 0 Å². The third kappa shape index (κ3) is 3.29. The number of rotatable bonds is 6. The van der Waals surface area contributed by atoms with Crippen LogP contribution >= 0.6 is 0 Å². The van der Waals surface area contributed by atoms with Crippen molar-refractivity contribution in [2.24, 2.45) is 0 Å². The minimum absolute atomic E-state index is 0.107. The molecule has 6 nitrogen and oxygen atoms in total. The van der Waals surface area contributed by atoms with E-state index in [0.717, 1.165) is 0 Å². The van der Waals surface area contributed by atoms with E-state index in [2.05, 4.69) is 0 Å². The van der Waals surface area contributed by atoms with E-state index in [4.69, 9.17) is 9.47 Å². The summed E-state index contributed by atoms with van der Waals surface area (Å²) in [7, 11) is 0. The maximum Gasteiger partial charge on any atom is 0.270 e. The summed E-state index contributed by atoms with van der Waals surface area (Å²) in [4.78, 5) is 22.7. The molecule has 1 atom stereocenters. The Kier molecular flexibility index (Phi) is 3.84. The van der Waals surface area contributed by atoms with Gasteiger partial charge in [-0.2, -0.15) is 0 Å². The quantitative estimate of drug-likeness (QED) is 0.354. The molecule has 0 saturated carbocycles. The highest BCUT2D eigenvalue weighted by Gasteiger charge is 2.23. The lowest BCUT2D eigenvalue weighted by molar-refractivity contribution is -0.384. The predicted molar refractivity (Wildman–Crippen MR) is 78.2 cm³/mol. The minimum Gasteiger partial charge on any atom is -0.491 e. The molecule has 1 unspecified atom stereocenters. The summed E-state index contributed by atoms with van der Waals surface area (Å²) >= 11 is 0. The lowest BCUT2D eigenvalue weighted by Crippen LogP contribution is -2.06. The molecule has 0 N–H and O–H groups in total. The van der Waals surface area contributed by atoms with E-state index in [1.54, 1.807) is 30.3 Å². The molecule has 0 aliphatic carbocycles. The highest BCUT2D eigenvalue weighted by molar-refractivity contribution is 6.09. The molecule has 3 rings (SSSR count). The Morgan fingerprint density at radius 2 is 1.91 bits per heavy atom. The van der Waals surface area contributed by atoms with Crippen molar-refractivity contribution < 1.29 is 19.2 Å². The minimum atomic E-state index is -0.522. The van der Waals surface area contributed by atoms with Crippen LogP contribution < -0.4 is 4.74 Å². The smallest absolute Gasteiger partial charge is 0.270 e. The first-order valence-corrected chi connectivity index (χ1v) is 6.77. The summed E-state index contributed by atoms with van der Waals surface area (Å²) in [5, 5.41) is 10.8. The van der Waals surface area contributed by atoms with Gasteiger partial charge in [0.25, 0.3) is 5.69 Å². The van der Waals surface area contributed by atoms with Crippen molar-refractivity contribution in [3.63, 3.8) is 0 Å². The first-order valence-electron chi connectivity index (χ1n) is 6.77. The van der Waals surface area contributed by atoms with Crippen LogP contribution in [0, 0.1) is 10.1 Å². The Balaban J connectivity index is 1.80. The Morgan fingerprint density at radius 3 is 2.59 bits per heavy atom. The van der Waals surface area contributed by atoms with Crippen LogP contribution in [0.5, 0.6) is 5.75 Å². The van der Waals surface area contributed by atoms with E-state index in [0.29, 0.717) is 24.5 Å². The molecule has 6 heteroatoms. The number of benzene rings is 2. The van der Waals surface area contributed by atoms with Gasteiger partial charge in [0.05, 0.1) is 11.5 Å². The molecule has 0 bridgehead atoms. The van der Waals surface area contributed by atoms with Crippen molar-refractivity contribution >= 4 is 11.5 Å². The molecule has 1 fully saturated rings. The van der Waals surface area contributed by atoms with Gasteiger partial charge in [-0.25, -0.2) is 0 Å². The maximum atomic E-state index is 12.4. The number of ether oxygens (including phenoxy) is 2. The van der Waals surface area contributed by atoms with Crippen LogP contribution in [-0.2, 0) is 4.74 Å². The van der Waals surface area contributed by atoms with Gasteiger partial charge in [-0.1, -0.05) is 24.3 Å². The van der Waals surface area contributed by atoms with Gasteiger partial charge in [0, 0.05) is 23.3 Å². The number of nitro benzene ring substituents is 1. The Hall–Kier alpha value is -2.73. The predicted octanol–water partition coefficient (Wildman–Crippen LogP) is 2.60. The zero-order chi connectivity index (χ0) is 15.5. The van der Waals surface area contributed by atoms with Crippen LogP contribution in [0.25, 0.3) is 0 Å². The molecule has 1 saturated heterocycles. The largest absolute Gasteiger partial charge is 0.491 e. The molecular weight excluding hydrogens is 286 g/mol. The van der Waals surface area contributed by atoms with E-state index in [1.807, 2.05) is 0 Å². The first-order chi connectivity index (χ1) is 10.6. The van der Waals surface area contributed by atoms with Gasteiger partial charge in [0.1, 0.15) is 18.5 Å². The van der Waals surface area contributed by atoms with Crippen molar-refractivity contribution in [1.29, 1.82) is 0 Å². The lowest BCUT2D eigenvalue weighted by atomic mass is 10.0. The van der Waals surface area contributed by atoms with E-state index in [1.165, 1.54) is 18.2 Å². The maximum absolute atomic E-state index is 12.4. The number of nitro groups is 1. The molecule has 1 heterocycles. The fourth-order valence-corrected chi connectivity index (χ4v) is 2.01. The van der Waals surface area contributed by atoms with Crippen LogP contribution in [0.2, 0.25) is 0 Å². The topological polar surface area (TPSA) is 82.0 Å². The second-order valence-corrected chi connectivity index (χ2v) is 4.93. The van der Waals surface area contributed by atoms with Gasteiger partial charge in [0.2, 0.25) is 0 Å². The molecule has 0 aromatic heterocycles. The Bertz CT molecular complexity index is 724. The first kappa shape index (κ1) is 14.2. The number of non-ortho nitro benzene ring substituents is 1. The number of carbonyl (C=O) groups excluding carboxylic acids is 1. The monoisotopic (exact) mass is 299 g/mol. The fraction of sp³-hybridized carbons (Fsp3) is 0.188. The number of hydrogen-bond acceptors (Lipinski definition) is 5. The number of hydrogen-bond donors (Lipinski definition) is 0. The third-order valence-electron chi connectivity index (χ3n) is 3.25. The average Bonchev–Trinajstić information content (AvgIpc) is 3.37. The molecular formula is C16H13NO5. The van der Waals surface area contributed by atoms with Gasteiger partial charge in [0.15, 0.2) is 5.78 Å². The molecule has 22 heavy (non-hydrogen) atoms. The number of carbonyl (C=O) groups is 1. The average molecular weight is 299 g/mol. The molecule has 0 amide bonds. The van der Waals surface area contributed by atoms with Crippen LogP contribution in [-0.4, -0.2) is 30.0 Å². The van der Waals surface area contributed by atoms with E-state index in [9.17, 15) is 14.9 Å². The molecule has 1 aliphatic heterocycles. The van der Waals surface area contributed by atoms with Crippen molar-refractivity contribution in [2.75, 3.05) is 13.2 Å². The number of nitrogens with zero attached hydrogens (tertiary/aromatic N) is 1. The summed E-state index contributed by atoms with van der Waals surface area (Å²) in [6.45, 7) is 1.15. The van der Waals surface area contributed by atoms with Crippen molar-refractivity contribution in [1.82, 2.24) is 0 Å². The van der Waals surface area contributed by atoms with Crippen LogP contribution in [0.1, 0.15) is 15.9 Å². The highest BCUT2D eigenvalue weighted by atomic mass is 16.6. The fourth-order valence-electron chi connectivity index (χ4n) is 2.01. The second kappa shape index (κ2) is 5.95. The van der Waals surface area contributed by atoms with Crippen LogP contribution in [0.4, 0.5) is 5.69 Å². The second-order valence-electron chi connectivity index (χ2n) is 4.93. The standard InChI is InChI=1S/C16H13NO5/c18-16(11-3-1-5-13(7-11)17(19)20)12-4-2-6-14(8-12)21-9-15-10-22-15/h1-8,15H,9-10H2. The summed E-state index contributed by atoms with van der Waals surface area (Å²) in [6.07, 6.45) is 0.135. The highest BCUT2D eigenvalue weighted by Crippen LogP contribution is 2.20. The zero-order valence-corrected chi connectivity index (χ0v) is 11.6. The summed E-state index contributed by atoms with van der Waals surface area (Å²) < 4.78 is 10.6. The van der Waals surface area contributed by atoms with Crippen LogP contribution in [0.3, 0.4) is 0 Å². The van der Waals surface area contributed by atoms with Crippen molar-refractivity contribution in [3.05, 3.63) is 69.8 Å². The number of ketones is 1. The molecule has 2 aromatic rings. The van der Waals surface area contributed by atoms with Gasteiger partial charge in [-0.15, -0.1) is 0 Å². The summed E-state index contributed by atoms with van der Waals surface area (Å²) in [5.74, 6) is 0.295. The van der Waals surface area contributed by atoms with Crippen LogP contribution in [0.15, 0.2) is 48.5 Å². The van der Waals surface area contributed by atoms with Gasteiger partial charge in [-0.3, -0.25) is 14.9 Å². The van der Waals surface area contributed by atoms with E-state index < -0.39 is 4.92 Å². The Morgan fingerprint density at radius 1 is 1.23 bits per heavy atom. The number of epoxide rings is 1. The lowest BCUT2D eigenvalue weighted by Gasteiger charge is -2.06. The molecule has 2 aromatic carbocycles.